The van der Waals surface area contributed by atoms with Crippen molar-refractivity contribution in [1.82, 2.24) is 9.97 Å². The molecule has 0 unspecified atom stereocenters. The number of carbonyl (C=O) groups excluding carboxylic acids is 2. The average molecular weight is 532 g/mol. The zero-order chi connectivity index (χ0) is 26.8. The monoisotopic (exact) mass is 531 g/mol. The number of fused-ring (bicyclic) bond motifs is 2. The highest BCUT2D eigenvalue weighted by Crippen LogP contribution is 2.36. The first-order valence-electron chi connectivity index (χ1n) is 12.3. The van der Waals surface area contributed by atoms with Crippen LogP contribution in [0, 0.1) is 0 Å². The lowest BCUT2D eigenvalue weighted by molar-refractivity contribution is 0.0984. The number of nitrogens with zero attached hydrogens (tertiary/aromatic N) is 3. The molecule has 1 aliphatic heterocycles. The summed E-state index contributed by atoms with van der Waals surface area (Å²) in [4.78, 5) is 37.2. The molecule has 0 atom stereocenters. The van der Waals surface area contributed by atoms with Gasteiger partial charge in [0.2, 0.25) is 0 Å². The second kappa shape index (κ2) is 10.4. The second-order valence-electron chi connectivity index (χ2n) is 8.97. The fraction of sp³-hybridized carbons (Fsp3) is 0.0323. The van der Waals surface area contributed by atoms with Crippen LogP contribution in [0.5, 0.6) is 0 Å². The zero-order valence-electron chi connectivity index (χ0n) is 20.6. The fourth-order valence-corrected chi connectivity index (χ4v) is 4.89. The van der Waals surface area contributed by atoms with Gasteiger partial charge >= 0.3 is 0 Å². The van der Waals surface area contributed by atoms with Gasteiger partial charge in [-0.15, -0.1) is 0 Å². The molecule has 5 aromatic rings. The number of para-hydroxylation sites is 2. The molecule has 39 heavy (non-hydrogen) atoms. The maximum atomic E-state index is 13.8. The summed E-state index contributed by atoms with van der Waals surface area (Å²) in [6, 6.07) is 27.3. The van der Waals surface area contributed by atoms with Gasteiger partial charge in [0, 0.05) is 35.4 Å². The van der Waals surface area contributed by atoms with Crippen molar-refractivity contribution >= 4 is 46.3 Å². The Balaban J connectivity index is 1.28. The van der Waals surface area contributed by atoms with Crippen molar-refractivity contribution in [3.63, 3.8) is 0 Å². The molecule has 190 valence electrons. The largest absolute Gasteiger partial charge is 0.338 e. The van der Waals surface area contributed by atoms with E-state index in [4.69, 9.17) is 11.6 Å². The molecule has 0 spiro atoms. The Morgan fingerprint density at radius 1 is 0.846 bits per heavy atom. The van der Waals surface area contributed by atoms with E-state index < -0.39 is 0 Å². The van der Waals surface area contributed by atoms with Gasteiger partial charge in [0.05, 0.1) is 28.5 Å². The number of hydrogen-bond donors (Lipinski definition) is 2. The first kappa shape index (κ1) is 24.3. The van der Waals surface area contributed by atoms with Crippen molar-refractivity contribution in [2.45, 2.75) is 6.54 Å². The zero-order valence-corrected chi connectivity index (χ0v) is 21.4. The maximum Gasteiger partial charge on any atom is 0.260 e. The number of aromatic nitrogens is 2. The van der Waals surface area contributed by atoms with Gasteiger partial charge in [-0.3, -0.25) is 14.6 Å². The maximum absolute atomic E-state index is 13.8. The molecular weight excluding hydrogens is 510 g/mol. The topological polar surface area (TPSA) is 87.2 Å². The molecule has 0 radical (unpaired) electrons. The van der Waals surface area contributed by atoms with Crippen molar-refractivity contribution in [2.75, 3.05) is 15.5 Å². The third-order valence-electron chi connectivity index (χ3n) is 6.53. The molecule has 3 aromatic carbocycles. The van der Waals surface area contributed by atoms with Gasteiger partial charge in [0.1, 0.15) is 5.82 Å². The summed E-state index contributed by atoms with van der Waals surface area (Å²) in [6.07, 6.45) is 5.09. The van der Waals surface area contributed by atoms with Crippen molar-refractivity contribution in [1.29, 1.82) is 0 Å². The third kappa shape index (κ3) is 4.83. The molecule has 7 nitrogen and oxygen atoms in total. The van der Waals surface area contributed by atoms with Gasteiger partial charge in [0.25, 0.3) is 11.8 Å². The fourth-order valence-electron chi connectivity index (χ4n) is 4.63. The number of anilines is 4. The number of pyridine rings is 2. The SMILES string of the molecule is O=C(Nc1ccc(C(=O)N2Cc3cccnc3Nc3ccccc32)c(Cl)c1)c1ccccc1-c1ccncc1. The summed E-state index contributed by atoms with van der Waals surface area (Å²) in [5.41, 5.74) is 5.39. The molecule has 0 saturated heterocycles. The van der Waals surface area contributed by atoms with Crippen LogP contribution in [0.2, 0.25) is 5.02 Å². The summed E-state index contributed by atoms with van der Waals surface area (Å²) >= 11 is 6.63. The number of amides is 2. The predicted molar refractivity (Wildman–Crippen MR) is 154 cm³/mol. The highest BCUT2D eigenvalue weighted by atomic mass is 35.5. The van der Waals surface area contributed by atoms with E-state index in [1.165, 1.54) is 0 Å². The van der Waals surface area contributed by atoms with Crippen LogP contribution in [-0.2, 0) is 6.54 Å². The summed E-state index contributed by atoms with van der Waals surface area (Å²) in [5.74, 6) is 0.164. The van der Waals surface area contributed by atoms with E-state index in [2.05, 4.69) is 20.6 Å². The van der Waals surface area contributed by atoms with E-state index in [-0.39, 0.29) is 16.8 Å². The Bertz CT molecular complexity index is 1710. The summed E-state index contributed by atoms with van der Waals surface area (Å²) < 4.78 is 0. The molecule has 6 rings (SSSR count). The van der Waals surface area contributed by atoms with Crippen LogP contribution in [0.4, 0.5) is 22.9 Å². The number of hydrogen-bond acceptors (Lipinski definition) is 5. The van der Waals surface area contributed by atoms with Crippen LogP contribution < -0.4 is 15.5 Å². The van der Waals surface area contributed by atoms with E-state index in [9.17, 15) is 9.59 Å². The lowest BCUT2D eigenvalue weighted by Crippen LogP contribution is -2.30. The Labute approximate surface area is 230 Å². The molecule has 2 amide bonds. The van der Waals surface area contributed by atoms with Crippen LogP contribution in [0.25, 0.3) is 11.1 Å². The Hall–Kier alpha value is -5.01. The molecule has 0 bridgehead atoms. The molecule has 1 aliphatic rings. The minimum absolute atomic E-state index is 0.237. The molecule has 8 heteroatoms. The smallest absolute Gasteiger partial charge is 0.260 e. The number of rotatable bonds is 4. The number of nitrogens with one attached hydrogen (secondary N) is 2. The van der Waals surface area contributed by atoms with Crippen LogP contribution >= 0.6 is 11.6 Å². The van der Waals surface area contributed by atoms with Gasteiger partial charge < -0.3 is 15.5 Å². The Morgan fingerprint density at radius 2 is 1.64 bits per heavy atom. The molecule has 0 aliphatic carbocycles. The van der Waals surface area contributed by atoms with Crippen LogP contribution in [0.3, 0.4) is 0 Å². The normalized spacial score (nSPS) is 12.0. The summed E-state index contributed by atoms with van der Waals surface area (Å²) in [5, 5.41) is 6.48. The van der Waals surface area contributed by atoms with E-state index in [0.717, 1.165) is 28.1 Å². The lowest BCUT2D eigenvalue weighted by Gasteiger charge is -2.23. The lowest BCUT2D eigenvalue weighted by atomic mass is 10.00. The molecule has 3 heterocycles. The minimum atomic E-state index is -0.283. The van der Waals surface area contributed by atoms with E-state index in [0.29, 0.717) is 29.2 Å². The van der Waals surface area contributed by atoms with Crippen molar-refractivity contribution < 1.29 is 9.59 Å². The van der Waals surface area contributed by atoms with Crippen LogP contribution in [0.1, 0.15) is 26.3 Å². The first-order chi connectivity index (χ1) is 19.1. The molecule has 2 aromatic heterocycles. The molecule has 0 saturated carbocycles. The van der Waals surface area contributed by atoms with Crippen LogP contribution in [0.15, 0.2) is 110 Å². The predicted octanol–water partition coefficient (Wildman–Crippen LogP) is 6.95. The van der Waals surface area contributed by atoms with Crippen molar-refractivity contribution in [3.8, 4) is 11.1 Å². The van der Waals surface area contributed by atoms with Gasteiger partial charge in [-0.2, -0.15) is 0 Å². The quantitative estimate of drug-likeness (QED) is 0.262. The Morgan fingerprint density at radius 3 is 2.49 bits per heavy atom. The number of halogens is 1. The van der Waals surface area contributed by atoms with Crippen molar-refractivity contribution in [2.24, 2.45) is 0 Å². The Kier molecular flexibility index (Phi) is 6.49. The van der Waals surface area contributed by atoms with Crippen molar-refractivity contribution in [3.05, 3.63) is 131 Å². The highest BCUT2D eigenvalue weighted by molar-refractivity contribution is 6.35. The molecule has 0 fully saturated rings. The average Bonchev–Trinajstić information content (AvgIpc) is 3.14. The van der Waals surface area contributed by atoms with Gasteiger partial charge in [0.15, 0.2) is 0 Å². The third-order valence-corrected chi connectivity index (χ3v) is 6.85. The highest BCUT2D eigenvalue weighted by Gasteiger charge is 2.26. The standard InChI is InChI=1S/C31H22ClN5O2/c32-26-18-22(35-30(38)24-8-2-1-7-23(24)20-13-16-33-17-14-20)11-12-25(26)31(39)37-19-21-6-5-15-34-29(21)36-27-9-3-4-10-28(27)37/h1-18H,19H2,(H,34,36)(H,35,38). The minimum Gasteiger partial charge on any atom is -0.338 e. The summed E-state index contributed by atoms with van der Waals surface area (Å²) in [6.45, 7) is 0.326. The first-order valence-corrected chi connectivity index (χ1v) is 12.7. The van der Waals surface area contributed by atoms with Gasteiger partial charge in [-0.25, -0.2) is 4.98 Å². The molecular formula is C31H22ClN5O2. The van der Waals surface area contributed by atoms with E-state index in [1.807, 2.05) is 66.7 Å². The van der Waals surface area contributed by atoms with E-state index in [1.54, 1.807) is 47.8 Å². The van der Waals surface area contributed by atoms with Gasteiger partial charge in [-0.1, -0.05) is 48.0 Å². The number of carbonyl (C=O) groups is 2. The second-order valence-corrected chi connectivity index (χ2v) is 9.38. The van der Waals surface area contributed by atoms with Crippen LogP contribution in [-0.4, -0.2) is 21.8 Å². The van der Waals surface area contributed by atoms with E-state index >= 15 is 0 Å². The summed E-state index contributed by atoms with van der Waals surface area (Å²) in [7, 11) is 0. The van der Waals surface area contributed by atoms with Gasteiger partial charge in [-0.05, 0) is 65.7 Å². The number of benzene rings is 3. The molecule has 2 N–H and O–H groups in total.